The second-order valence-corrected chi connectivity index (χ2v) is 5.39. The molecule has 3 heteroatoms. The van der Waals surface area contributed by atoms with E-state index in [1.54, 1.807) is 13.8 Å². The highest BCUT2D eigenvalue weighted by Gasteiger charge is 2.29. The molecule has 0 atom stereocenters. The first-order valence-corrected chi connectivity index (χ1v) is 6.18. The number of rotatable bonds is 5. The van der Waals surface area contributed by atoms with Crippen molar-refractivity contribution >= 4 is 5.97 Å². The molecule has 3 nitrogen and oxygen atoms in total. The molecule has 0 aliphatic rings. The first-order chi connectivity index (χ1) is 8.36. The number of carbonyl (C=O) groups excluding carboxylic acids is 1. The third-order valence-electron chi connectivity index (χ3n) is 2.88. The van der Waals surface area contributed by atoms with Gasteiger partial charge in [-0.2, -0.15) is 0 Å². The van der Waals surface area contributed by atoms with Crippen LogP contribution < -0.4 is 4.74 Å². The SMILES string of the molecule is COC(=O)C(C)(C)COc1ccc(C(C)C)cc1. The van der Waals surface area contributed by atoms with E-state index in [4.69, 9.17) is 9.47 Å². The molecule has 0 heterocycles. The van der Waals surface area contributed by atoms with Crippen LogP contribution in [0.1, 0.15) is 39.2 Å². The Morgan fingerprint density at radius 1 is 1.22 bits per heavy atom. The van der Waals surface area contributed by atoms with Crippen molar-refractivity contribution in [1.29, 1.82) is 0 Å². The van der Waals surface area contributed by atoms with E-state index in [2.05, 4.69) is 13.8 Å². The van der Waals surface area contributed by atoms with Crippen molar-refractivity contribution in [1.82, 2.24) is 0 Å². The van der Waals surface area contributed by atoms with Gasteiger partial charge in [0.25, 0.3) is 0 Å². The van der Waals surface area contributed by atoms with Gasteiger partial charge < -0.3 is 9.47 Å². The highest BCUT2D eigenvalue weighted by molar-refractivity contribution is 5.75. The van der Waals surface area contributed by atoms with Crippen molar-refractivity contribution in [3.8, 4) is 5.75 Å². The van der Waals surface area contributed by atoms with Crippen molar-refractivity contribution in [2.75, 3.05) is 13.7 Å². The third-order valence-corrected chi connectivity index (χ3v) is 2.88. The molecule has 0 N–H and O–H groups in total. The van der Waals surface area contributed by atoms with Gasteiger partial charge >= 0.3 is 5.97 Å². The van der Waals surface area contributed by atoms with Gasteiger partial charge in [-0.1, -0.05) is 26.0 Å². The Labute approximate surface area is 109 Å². The quantitative estimate of drug-likeness (QED) is 0.751. The summed E-state index contributed by atoms with van der Waals surface area (Å²) in [5, 5.41) is 0. The molecule has 0 radical (unpaired) electrons. The van der Waals surface area contributed by atoms with E-state index < -0.39 is 5.41 Å². The lowest BCUT2D eigenvalue weighted by Gasteiger charge is -2.21. The Kier molecular flexibility index (Phi) is 4.76. The molecule has 0 aromatic heterocycles. The summed E-state index contributed by atoms with van der Waals surface area (Å²) in [5.41, 5.74) is 0.639. The van der Waals surface area contributed by atoms with Gasteiger partial charge in [0.05, 0.1) is 12.5 Å². The Morgan fingerprint density at radius 3 is 2.22 bits per heavy atom. The second kappa shape index (κ2) is 5.89. The lowest BCUT2D eigenvalue weighted by atomic mass is 9.95. The van der Waals surface area contributed by atoms with Crippen LogP contribution in [0.2, 0.25) is 0 Å². The molecule has 0 fully saturated rings. The van der Waals surface area contributed by atoms with Crippen LogP contribution in [0.3, 0.4) is 0 Å². The van der Waals surface area contributed by atoms with Crippen LogP contribution in [0.15, 0.2) is 24.3 Å². The molecule has 18 heavy (non-hydrogen) atoms. The summed E-state index contributed by atoms with van der Waals surface area (Å²) in [6.07, 6.45) is 0. The minimum atomic E-state index is -0.633. The fourth-order valence-corrected chi connectivity index (χ4v) is 1.55. The molecule has 1 aromatic rings. The number of methoxy groups -OCH3 is 1. The predicted molar refractivity (Wildman–Crippen MR) is 71.8 cm³/mol. The number of benzene rings is 1. The average Bonchev–Trinajstić information content (AvgIpc) is 2.35. The molecule has 0 saturated carbocycles. The molecule has 100 valence electrons. The maximum atomic E-state index is 11.5. The van der Waals surface area contributed by atoms with Crippen LogP contribution in [0, 0.1) is 5.41 Å². The summed E-state index contributed by atoms with van der Waals surface area (Å²) < 4.78 is 10.4. The second-order valence-electron chi connectivity index (χ2n) is 5.39. The normalized spacial score (nSPS) is 11.4. The molecule has 0 saturated heterocycles. The minimum absolute atomic E-state index is 0.263. The molecule has 1 rings (SSSR count). The summed E-state index contributed by atoms with van der Waals surface area (Å²) in [5.74, 6) is 1.02. The predicted octanol–water partition coefficient (Wildman–Crippen LogP) is 3.39. The highest BCUT2D eigenvalue weighted by atomic mass is 16.5. The third kappa shape index (κ3) is 3.76. The van der Waals surface area contributed by atoms with Crippen LogP contribution in [-0.4, -0.2) is 19.7 Å². The molecule has 1 aromatic carbocycles. The Hall–Kier alpha value is -1.51. The molecule has 0 amide bonds. The van der Waals surface area contributed by atoms with E-state index >= 15 is 0 Å². The van der Waals surface area contributed by atoms with E-state index in [9.17, 15) is 4.79 Å². The molecular weight excluding hydrogens is 228 g/mol. The zero-order chi connectivity index (χ0) is 13.8. The number of carbonyl (C=O) groups is 1. The van der Waals surface area contributed by atoms with Crippen molar-refractivity contribution in [3.63, 3.8) is 0 Å². The topological polar surface area (TPSA) is 35.5 Å². The Balaban J connectivity index is 2.61. The van der Waals surface area contributed by atoms with Crippen LogP contribution in [-0.2, 0) is 9.53 Å². The van der Waals surface area contributed by atoms with Gasteiger partial charge in [0.15, 0.2) is 0 Å². The number of hydrogen-bond donors (Lipinski definition) is 0. The average molecular weight is 250 g/mol. The first kappa shape index (κ1) is 14.6. The van der Waals surface area contributed by atoms with Crippen LogP contribution in [0.4, 0.5) is 0 Å². The number of ether oxygens (including phenoxy) is 2. The van der Waals surface area contributed by atoms with Crippen molar-refractivity contribution < 1.29 is 14.3 Å². The highest BCUT2D eigenvalue weighted by Crippen LogP contribution is 2.22. The molecule has 0 aliphatic heterocycles. The molecule has 0 aliphatic carbocycles. The van der Waals surface area contributed by atoms with E-state index in [0.29, 0.717) is 12.5 Å². The van der Waals surface area contributed by atoms with Gasteiger partial charge in [-0.05, 0) is 37.5 Å². The van der Waals surface area contributed by atoms with Crippen LogP contribution >= 0.6 is 0 Å². The van der Waals surface area contributed by atoms with Crippen LogP contribution in [0.5, 0.6) is 5.75 Å². The number of hydrogen-bond acceptors (Lipinski definition) is 3. The maximum Gasteiger partial charge on any atom is 0.314 e. The zero-order valence-corrected chi connectivity index (χ0v) is 11.8. The Morgan fingerprint density at radius 2 is 1.78 bits per heavy atom. The van der Waals surface area contributed by atoms with E-state index in [1.165, 1.54) is 12.7 Å². The molecule has 0 unspecified atom stereocenters. The summed E-state index contributed by atoms with van der Waals surface area (Å²) >= 11 is 0. The first-order valence-electron chi connectivity index (χ1n) is 6.18. The van der Waals surface area contributed by atoms with Crippen molar-refractivity contribution in [2.45, 2.75) is 33.6 Å². The summed E-state index contributed by atoms with van der Waals surface area (Å²) in [7, 11) is 1.39. The summed E-state index contributed by atoms with van der Waals surface area (Å²) in [6.45, 7) is 8.22. The molecule has 0 bridgehead atoms. The van der Waals surface area contributed by atoms with E-state index in [0.717, 1.165) is 5.75 Å². The van der Waals surface area contributed by atoms with Gasteiger partial charge in [-0.25, -0.2) is 0 Å². The summed E-state index contributed by atoms with van der Waals surface area (Å²) in [6, 6.07) is 7.96. The largest absolute Gasteiger partial charge is 0.492 e. The summed E-state index contributed by atoms with van der Waals surface area (Å²) in [4.78, 5) is 11.5. The lowest BCUT2D eigenvalue weighted by molar-refractivity contribution is -0.152. The van der Waals surface area contributed by atoms with E-state index in [-0.39, 0.29) is 5.97 Å². The monoisotopic (exact) mass is 250 g/mol. The fourth-order valence-electron chi connectivity index (χ4n) is 1.55. The van der Waals surface area contributed by atoms with Gasteiger partial charge in [-0.3, -0.25) is 4.79 Å². The van der Waals surface area contributed by atoms with Gasteiger partial charge in [0, 0.05) is 0 Å². The maximum absolute atomic E-state index is 11.5. The van der Waals surface area contributed by atoms with Gasteiger partial charge in [0.2, 0.25) is 0 Å². The minimum Gasteiger partial charge on any atom is -0.492 e. The molecular formula is C15H22O3. The van der Waals surface area contributed by atoms with Crippen LogP contribution in [0.25, 0.3) is 0 Å². The molecule has 0 spiro atoms. The van der Waals surface area contributed by atoms with Gasteiger partial charge in [0.1, 0.15) is 12.4 Å². The smallest absolute Gasteiger partial charge is 0.314 e. The number of esters is 1. The zero-order valence-electron chi connectivity index (χ0n) is 11.8. The van der Waals surface area contributed by atoms with Gasteiger partial charge in [-0.15, -0.1) is 0 Å². The Bertz CT molecular complexity index is 391. The van der Waals surface area contributed by atoms with Crippen molar-refractivity contribution in [2.24, 2.45) is 5.41 Å². The van der Waals surface area contributed by atoms with E-state index in [1.807, 2.05) is 24.3 Å². The lowest BCUT2D eigenvalue weighted by Crippen LogP contribution is -2.32. The standard InChI is InChI=1S/C15H22O3/c1-11(2)12-6-8-13(9-7-12)18-10-15(3,4)14(16)17-5/h6-9,11H,10H2,1-5H3. The fraction of sp³-hybridized carbons (Fsp3) is 0.533. The van der Waals surface area contributed by atoms with Crippen molar-refractivity contribution in [3.05, 3.63) is 29.8 Å².